The third-order valence-electron chi connectivity index (χ3n) is 8.88. The zero-order chi connectivity index (χ0) is 25.2. The predicted octanol–water partition coefficient (Wildman–Crippen LogP) is 4.87. The van der Waals surface area contributed by atoms with E-state index in [1.54, 1.807) is 0 Å². The van der Waals surface area contributed by atoms with E-state index in [-0.39, 0.29) is 36.0 Å². The number of nitrogens with zero attached hydrogens (tertiary/aromatic N) is 4. The van der Waals surface area contributed by atoms with Crippen LogP contribution in [0.25, 0.3) is 0 Å². The van der Waals surface area contributed by atoms with E-state index < -0.39 is 30.7 Å². The molecule has 5 atom stereocenters. The van der Waals surface area contributed by atoms with E-state index in [4.69, 9.17) is 10.2 Å². The van der Waals surface area contributed by atoms with Gasteiger partial charge in [0.2, 0.25) is 0 Å². The monoisotopic (exact) mass is 532 g/mol. The van der Waals surface area contributed by atoms with Crippen molar-refractivity contribution in [2.75, 3.05) is 0 Å². The molecule has 0 aromatic carbocycles. The summed E-state index contributed by atoms with van der Waals surface area (Å²) in [6, 6.07) is 0.122. The number of hydrogen-bond donors (Lipinski definition) is 2. The van der Waals surface area contributed by atoms with Gasteiger partial charge >= 0.3 is 0 Å². The Hall–Kier alpha value is -0.980. The zero-order valence-corrected chi connectivity index (χ0v) is 22.2. The molecule has 10 nitrogen and oxygen atoms in total. The van der Waals surface area contributed by atoms with E-state index in [1.165, 1.54) is 12.8 Å². The van der Waals surface area contributed by atoms with Crippen molar-refractivity contribution in [1.82, 2.24) is 0 Å². The summed E-state index contributed by atoms with van der Waals surface area (Å²) in [6.45, 7) is 2.28. The lowest BCUT2D eigenvalue weighted by Gasteiger charge is -2.44. The van der Waals surface area contributed by atoms with Gasteiger partial charge in [0.25, 0.3) is 20.2 Å². The van der Waals surface area contributed by atoms with Gasteiger partial charge in [-0.25, -0.2) is 0 Å². The Morgan fingerprint density at radius 3 is 1.51 bits per heavy atom. The Kier molecular flexibility index (Phi) is 8.65. The highest BCUT2D eigenvalue weighted by atomic mass is 32.2. The molecule has 0 aromatic rings. The third-order valence-corrected chi connectivity index (χ3v) is 11.5. The minimum atomic E-state index is -4.11. The summed E-state index contributed by atoms with van der Waals surface area (Å²) in [5.74, 6) is 0.898. The molecule has 0 saturated heterocycles. The molecule has 2 N–H and O–H groups in total. The second-order valence-electron chi connectivity index (χ2n) is 11.3. The highest BCUT2D eigenvalue weighted by Gasteiger charge is 2.46. The fourth-order valence-electron chi connectivity index (χ4n) is 6.61. The molecule has 0 spiro atoms. The van der Waals surface area contributed by atoms with Crippen LogP contribution >= 0.6 is 0 Å². The van der Waals surface area contributed by atoms with Crippen molar-refractivity contribution in [1.29, 1.82) is 0 Å². The molecule has 200 valence electrons. The molecule has 0 aromatic heterocycles. The van der Waals surface area contributed by atoms with Crippen LogP contribution in [0.2, 0.25) is 0 Å². The first-order valence-corrected chi connectivity index (χ1v) is 16.2. The Bertz CT molecular complexity index is 985. The second kappa shape index (κ2) is 11.2. The van der Waals surface area contributed by atoms with Crippen molar-refractivity contribution in [2.45, 2.75) is 125 Å². The first-order chi connectivity index (χ1) is 16.5. The first kappa shape index (κ1) is 27.1. The largest absolute Gasteiger partial charge is 0.285 e. The summed E-state index contributed by atoms with van der Waals surface area (Å²) in [6.07, 6.45) is 9.41. The van der Waals surface area contributed by atoms with Crippen molar-refractivity contribution in [3.63, 3.8) is 0 Å². The fraction of sp³-hybridized carbons (Fsp3) is 1.00. The standard InChI is InChI=1S/C23H40N4O6S2/c1-15-2-4-16(5-3-15)24-26-22-12-13-23(21-14-19(35(31,32)33)10-11-20(21)22)27-25-17-6-8-18(9-7-17)34(28,29)30/h15-23H,2-14H2,1H3,(H,28,29,30)(H,31,32,33). The molecule has 4 aliphatic rings. The van der Waals surface area contributed by atoms with Gasteiger partial charge in [0.1, 0.15) is 0 Å². The maximum absolute atomic E-state index is 11.9. The van der Waals surface area contributed by atoms with Gasteiger partial charge in [-0.1, -0.05) is 6.92 Å². The Balaban J connectivity index is 1.42. The highest BCUT2D eigenvalue weighted by molar-refractivity contribution is 7.86. The summed E-state index contributed by atoms with van der Waals surface area (Å²) < 4.78 is 65.6. The van der Waals surface area contributed by atoms with Gasteiger partial charge in [0, 0.05) is 0 Å². The van der Waals surface area contributed by atoms with Crippen molar-refractivity contribution < 1.29 is 25.9 Å². The summed E-state index contributed by atoms with van der Waals surface area (Å²) in [5, 5.41) is 17.2. The van der Waals surface area contributed by atoms with Gasteiger partial charge < -0.3 is 0 Å². The van der Waals surface area contributed by atoms with Gasteiger partial charge in [-0.15, -0.1) is 0 Å². The van der Waals surface area contributed by atoms with Crippen molar-refractivity contribution in [3.05, 3.63) is 0 Å². The molecule has 4 fully saturated rings. The van der Waals surface area contributed by atoms with E-state index in [1.807, 2.05) is 0 Å². The highest BCUT2D eigenvalue weighted by Crippen LogP contribution is 2.45. The van der Waals surface area contributed by atoms with Crippen LogP contribution in [0.4, 0.5) is 0 Å². The van der Waals surface area contributed by atoms with Crippen LogP contribution in [0.5, 0.6) is 0 Å². The second-order valence-corrected chi connectivity index (χ2v) is 14.7. The van der Waals surface area contributed by atoms with E-state index in [2.05, 4.69) is 17.2 Å². The summed E-state index contributed by atoms with van der Waals surface area (Å²) >= 11 is 0. The average molecular weight is 533 g/mol. The van der Waals surface area contributed by atoms with Gasteiger partial charge in [-0.05, 0) is 101 Å². The average Bonchev–Trinajstić information content (AvgIpc) is 2.81. The zero-order valence-electron chi connectivity index (χ0n) is 20.5. The third kappa shape index (κ3) is 7.07. The molecule has 0 radical (unpaired) electrons. The Morgan fingerprint density at radius 1 is 0.543 bits per heavy atom. The first-order valence-electron chi connectivity index (χ1n) is 13.2. The van der Waals surface area contributed by atoms with E-state index in [9.17, 15) is 25.9 Å². The predicted molar refractivity (Wildman–Crippen MR) is 132 cm³/mol. The molecule has 0 aliphatic heterocycles. The molecule has 0 bridgehead atoms. The van der Waals surface area contributed by atoms with Crippen LogP contribution in [0.15, 0.2) is 20.5 Å². The normalized spacial score (nSPS) is 41.7. The molecule has 0 heterocycles. The van der Waals surface area contributed by atoms with Crippen LogP contribution in [-0.2, 0) is 20.2 Å². The fourth-order valence-corrected chi connectivity index (χ4v) is 8.38. The van der Waals surface area contributed by atoms with E-state index in [0.717, 1.165) is 31.6 Å². The quantitative estimate of drug-likeness (QED) is 0.367. The molecule has 35 heavy (non-hydrogen) atoms. The summed E-state index contributed by atoms with van der Waals surface area (Å²) in [7, 11) is -8.13. The lowest BCUT2D eigenvalue weighted by Crippen LogP contribution is -2.45. The molecule has 0 amide bonds. The van der Waals surface area contributed by atoms with Crippen molar-refractivity contribution in [2.24, 2.45) is 38.2 Å². The van der Waals surface area contributed by atoms with E-state index >= 15 is 0 Å². The minimum Gasteiger partial charge on any atom is -0.285 e. The van der Waals surface area contributed by atoms with Gasteiger partial charge in [-0.2, -0.15) is 37.3 Å². The molecule has 4 saturated carbocycles. The minimum absolute atomic E-state index is 0.0299. The SMILES string of the molecule is CC1CCC(N=NC2CCC(N=NC3CCC(S(=O)(=O)O)CC3)C3CC(S(=O)(=O)O)CCC23)CC1. The number of rotatable bonds is 6. The van der Waals surface area contributed by atoms with Crippen LogP contribution < -0.4 is 0 Å². The maximum Gasteiger partial charge on any atom is 0.267 e. The number of hydrogen-bond acceptors (Lipinski definition) is 8. The van der Waals surface area contributed by atoms with Crippen LogP contribution in [0.3, 0.4) is 0 Å². The number of azo groups is 2. The smallest absolute Gasteiger partial charge is 0.267 e. The Labute approximate surface area is 209 Å². The topological polar surface area (TPSA) is 158 Å². The molecule has 4 aliphatic carbocycles. The Morgan fingerprint density at radius 2 is 1.00 bits per heavy atom. The van der Waals surface area contributed by atoms with Crippen molar-refractivity contribution >= 4 is 20.2 Å². The molecular formula is C23H40N4O6S2. The van der Waals surface area contributed by atoms with E-state index in [0.29, 0.717) is 44.9 Å². The molecular weight excluding hydrogens is 492 g/mol. The molecule has 4 rings (SSSR count). The van der Waals surface area contributed by atoms with Crippen LogP contribution in [0, 0.1) is 17.8 Å². The molecule has 5 unspecified atom stereocenters. The lowest BCUT2D eigenvalue weighted by atomic mass is 9.66. The van der Waals surface area contributed by atoms with Gasteiger partial charge in [0.05, 0.1) is 34.7 Å². The van der Waals surface area contributed by atoms with Crippen molar-refractivity contribution in [3.8, 4) is 0 Å². The van der Waals surface area contributed by atoms with Crippen LogP contribution in [0.1, 0.15) is 90.4 Å². The van der Waals surface area contributed by atoms with Gasteiger partial charge in [-0.3, -0.25) is 9.11 Å². The molecule has 12 heteroatoms. The lowest BCUT2D eigenvalue weighted by molar-refractivity contribution is 0.117. The summed E-state index contributed by atoms with van der Waals surface area (Å²) in [5.41, 5.74) is 0. The van der Waals surface area contributed by atoms with Gasteiger partial charge in [0.15, 0.2) is 0 Å². The summed E-state index contributed by atoms with van der Waals surface area (Å²) in [4.78, 5) is 0. The maximum atomic E-state index is 11.9. The number of fused-ring (bicyclic) bond motifs is 1. The van der Waals surface area contributed by atoms with Crippen LogP contribution in [-0.4, -0.2) is 60.6 Å².